The summed E-state index contributed by atoms with van der Waals surface area (Å²) in [6.07, 6.45) is 1.47. The van der Waals surface area contributed by atoms with Gasteiger partial charge in [-0.05, 0) is 5.56 Å². The van der Waals surface area contributed by atoms with Crippen LogP contribution in [0.2, 0.25) is 0 Å². The molecule has 0 radical (unpaired) electrons. The van der Waals surface area contributed by atoms with E-state index in [1.807, 2.05) is 7.11 Å². The van der Waals surface area contributed by atoms with Gasteiger partial charge in [-0.25, -0.2) is 4.58 Å². The summed E-state index contributed by atoms with van der Waals surface area (Å²) < 4.78 is 8.07. The Bertz CT molecular complexity index is 464. The third-order valence-corrected chi connectivity index (χ3v) is 4.29. The Hall–Kier alpha value is -1.15. The second kappa shape index (κ2) is 3.42. The van der Waals surface area contributed by atoms with E-state index in [0.717, 1.165) is 6.42 Å². The van der Waals surface area contributed by atoms with Gasteiger partial charge in [0.15, 0.2) is 11.8 Å². The summed E-state index contributed by atoms with van der Waals surface area (Å²) in [5.74, 6) is 0.455. The van der Waals surface area contributed by atoms with Gasteiger partial charge in [-0.2, -0.15) is 0 Å². The summed E-state index contributed by atoms with van der Waals surface area (Å²) >= 11 is 0. The van der Waals surface area contributed by atoms with Gasteiger partial charge >= 0.3 is 0 Å². The van der Waals surface area contributed by atoms with Crippen molar-refractivity contribution in [3.8, 4) is 0 Å². The molecule has 2 nitrogen and oxygen atoms in total. The van der Waals surface area contributed by atoms with Gasteiger partial charge in [0.05, 0.1) is 12.0 Å². The Balaban J connectivity index is 2.20. The fourth-order valence-electron chi connectivity index (χ4n) is 3.34. The lowest BCUT2D eigenvalue weighted by atomic mass is 9.72. The maximum Gasteiger partial charge on any atom is 0.180 e. The quantitative estimate of drug-likeness (QED) is 0.656. The summed E-state index contributed by atoms with van der Waals surface area (Å²) in [6.45, 7) is 2.23. The van der Waals surface area contributed by atoms with Crippen LogP contribution in [0.4, 0.5) is 0 Å². The molecule has 0 saturated carbocycles. The van der Waals surface area contributed by atoms with Crippen molar-refractivity contribution in [3.63, 3.8) is 0 Å². The van der Waals surface area contributed by atoms with Crippen molar-refractivity contribution >= 4 is 5.71 Å². The smallest absolute Gasteiger partial charge is 0.180 e. The summed E-state index contributed by atoms with van der Waals surface area (Å²) in [7, 11) is 4.04. The minimum absolute atomic E-state index is 0.358. The van der Waals surface area contributed by atoms with Crippen molar-refractivity contribution in [2.45, 2.75) is 31.4 Å². The third kappa shape index (κ3) is 1.14. The summed E-state index contributed by atoms with van der Waals surface area (Å²) in [4.78, 5) is 0. The van der Waals surface area contributed by atoms with Crippen LogP contribution in [-0.2, 0) is 4.74 Å². The summed E-state index contributed by atoms with van der Waals surface area (Å²) in [5.41, 5.74) is 4.41. The van der Waals surface area contributed by atoms with E-state index in [9.17, 15) is 0 Å². The van der Waals surface area contributed by atoms with Crippen LogP contribution in [0.25, 0.3) is 0 Å². The minimum Gasteiger partial charge on any atom is -0.380 e. The zero-order valence-corrected chi connectivity index (χ0v) is 10.1. The molecule has 3 aliphatic rings. The number of rotatable bonds is 1. The lowest BCUT2D eigenvalue weighted by molar-refractivity contribution is -0.558. The number of benzene rings is 1. The van der Waals surface area contributed by atoms with Crippen LogP contribution >= 0.6 is 0 Å². The van der Waals surface area contributed by atoms with Crippen molar-refractivity contribution in [2.75, 3.05) is 14.2 Å². The van der Waals surface area contributed by atoms with Crippen LogP contribution in [0.1, 0.15) is 36.4 Å². The van der Waals surface area contributed by atoms with Gasteiger partial charge in [-0.1, -0.05) is 24.3 Å². The topological polar surface area (TPSA) is 12.2 Å². The molecule has 1 aliphatic carbocycles. The molecule has 0 amide bonds. The lowest BCUT2D eigenvalue weighted by Crippen LogP contribution is -2.45. The molecule has 2 aliphatic heterocycles. The second-order valence-corrected chi connectivity index (χ2v) is 4.88. The SMILES string of the molecule is CO[C@H]1C[C@@H]2c3ccccc3[C@@H]1C(C)=[N+]2C. The first-order chi connectivity index (χ1) is 7.74. The van der Waals surface area contributed by atoms with E-state index >= 15 is 0 Å². The summed E-state index contributed by atoms with van der Waals surface area (Å²) in [6, 6.07) is 9.31. The van der Waals surface area contributed by atoms with E-state index in [1.165, 1.54) is 16.8 Å². The Kier molecular flexibility index (Phi) is 2.15. The van der Waals surface area contributed by atoms with Crippen LogP contribution in [0, 0.1) is 0 Å². The largest absolute Gasteiger partial charge is 0.380 e. The zero-order chi connectivity index (χ0) is 11.3. The van der Waals surface area contributed by atoms with E-state index in [4.69, 9.17) is 4.74 Å². The number of hydrogen-bond donors (Lipinski definition) is 0. The van der Waals surface area contributed by atoms with E-state index < -0.39 is 0 Å². The number of ether oxygens (including phenoxy) is 1. The monoisotopic (exact) mass is 216 g/mol. The molecule has 16 heavy (non-hydrogen) atoms. The van der Waals surface area contributed by atoms with Crippen molar-refractivity contribution in [2.24, 2.45) is 0 Å². The van der Waals surface area contributed by atoms with Crippen molar-refractivity contribution < 1.29 is 9.31 Å². The van der Waals surface area contributed by atoms with Crippen molar-refractivity contribution in [3.05, 3.63) is 35.4 Å². The van der Waals surface area contributed by atoms with Crippen LogP contribution < -0.4 is 0 Å². The molecule has 2 heteroatoms. The molecule has 1 aromatic rings. The molecule has 3 atom stereocenters. The van der Waals surface area contributed by atoms with E-state index in [1.54, 1.807) is 0 Å². The van der Waals surface area contributed by atoms with Gasteiger partial charge in [0.1, 0.15) is 7.05 Å². The second-order valence-electron chi connectivity index (χ2n) is 4.88. The highest BCUT2D eigenvalue weighted by Crippen LogP contribution is 2.45. The molecular formula is C14H18NO+. The van der Waals surface area contributed by atoms with Crippen molar-refractivity contribution in [1.29, 1.82) is 0 Å². The molecule has 0 fully saturated rings. The molecular weight excluding hydrogens is 198 g/mol. The maximum atomic E-state index is 5.65. The zero-order valence-electron chi connectivity index (χ0n) is 10.1. The Morgan fingerprint density at radius 3 is 2.62 bits per heavy atom. The number of fused-ring (bicyclic) bond motifs is 1. The highest BCUT2D eigenvalue weighted by atomic mass is 16.5. The maximum absolute atomic E-state index is 5.65. The Morgan fingerprint density at radius 2 is 1.94 bits per heavy atom. The third-order valence-electron chi connectivity index (χ3n) is 4.29. The lowest BCUT2D eigenvalue weighted by Gasteiger charge is -2.39. The highest BCUT2D eigenvalue weighted by molar-refractivity contribution is 5.87. The first-order valence-corrected chi connectivity index (χ1v) is 5.92. The molecule has 84 valence electrons. The normalized spacial score (nSPS) is 31.8. The van der Waals surface area contributed by atoms with Gasteiger partial charge in [0.2, 0.25) is 0 Å². The fraction of sp³-hybridized carbons (Fsp3) is 0.500. The fourth-order valence-corrected chi connectivity index (χ4v) is 3.34. The van der Waals surface area contributed by atoms with Gasteiger partial charge in [0, 0.05) is 26.0 Å². The van der Waals surface area contributed by atoms with Crippen molar-refractivity contribution in [1.82, 2.24) is 0 Å². The number of methoxy groups -OCH3 is 1. The highest BCUT2D eigenvalue weighted by Gasteiger charge is 2.47. The van der Waals surface area contributed by atoms with E-state index in [0.29, 0.717) is 18.1 Å². The predicted molar refractivity (Wildman–Crippen MR) is 64.2 cm³/mol. The van der Waals surface area contributed by atoms with Crippen LogP contribution in [0.3, 0.4) is 0 Å². The predicted octanol–water partition coefficient (Wildman–Crippen LogP) is 2.35. The molecule has 1 aromatic carbocycles. The first kappa shape index (κ1) is 10.0. The van der Waals surface area contributed by atoms with Crippen LogP contribution in [-0.4, -0.2) is 30.5 Å². The van der Waals surface area contributed by atoms with Crippen LogP contribution in [0.5, 0.6) is 0 Å². The summed E-state index contributed by atoms with van der Waals surface area (Å²) in [5, 5.41) is 0. The molecule has 2 heterocycles. The molecule has 4 rings (SSSR count). The Morgan fingerprint density at radius 1 is 1.25 bits per heavy atom. The molecule has 0 N–H and O–H groups in total. The van der Waals surface area contributed by atoms with Gasteiger partial charge in [-0.15, -0.1) is 0 Å². The minimum atomic E-state index is 0.358. The standard InChI is InChI=1S/C14H18NO/c1-9-14-11-7-5-4-6-10(11)12(15(9)2)8-13(14)16-3/h4-7,12-14H,8H2,1-3H3/q+1/t12-,13+,14+/m1/s1. The van der Waals surface area contributed by atoms with E-state index in [-0.39, 0.29) is 0 Å². The number of nitrogens with zero attached hydrogens (tertiary/aromatic N) is 1. The van der Waals surface area contributed by atoms with Crippen LogP contribution in [0.15, 0.2) is 24.3 Å². The van der Waals surface area contributed by atoms with Gasteiger partial charge < -0.3 is 4.74 Å². The molecule has 0 spiro atoms. The number of hydrogen-bond acceptors (Lipinski definition) is 1. The van der Waals surface area contributed by atoms with Gasteiger partial charge in [-0.3, -0.25) is 0 Å². The molecule has 0 unspecified atom stereocenters. The average molecular weight is 216 g/mol. The van der Waals surface area contributed by atoms with E-state index in [2.05, 4.69) is 42.8 Å². The molecule has 0 aromatic heterocycles. The Labute approximate surface area is 96.6 Å². The van der Waals surface area contributed by atoms with Gasteiger partial charge in [0.25, 0.3) is 0 Å². The average Bonchev–Trinajstić information content (AvgIpc) is 2.34. The molecule has 2 bridgehead atoms. The first-order valence-electron chi connectivity index (χ1n) is 5.92. The molecule has 0 saturated heterocycles.